The monoisotopic (exact) mass is 260 g/mol. The summed E-state index contributed by atoms with van der Waals surface area (Å²) >= 11 is 0. The molecule has 2 aromatic rings. The summed E-state index contributed by atoms with van der Waals surface area (Å²) in [5.74, 6) is -0.0917. The zero-order valence-electron chi connectivity index (χ0n) is 11.0. The SMILES string of the molecule is Cc1nc2cccc(C(=O)O)c2n1C1(C)CCOC1. The molecule has 0 bridgehead atoms. The van der Waals surface area contributed by atoms with Gasteiger partial charge in [0.15, 0.2) is 0 Å². The topological polar surface area (TPSA) is 64.3 Å². The number of carboxylic acids is 1. The van der Waals surface area contributed by atoms with E-state index in [9.17, 15) is 9.90 Å². The van der Waals surface area contributed by atoms with Crippen LogP contribution in [0.25, 0.3) is 11.0 Å². The number of nitrogens with zero attached hydrogens (tertiary/aromatic N) is 2. The third kappa shape index (κ3) is 1.73. The van der Waals surface area contributed by atoms with Gasteiger partial charge in [-0.15, -0.1) is 0 Å². The van der Waals surface area contributed by atoms with Crippen LogP contribution in [0.4, 0.5) is 0 Å². The summed E-state index contributed by atoms with van der Waals surface area (Å²) in [6.45, 7) is 5.29. The molecular formula is C14H16N2O3. The lowest BCUT2D eigenvalue weighted by atomic mass is 10.00. The molecule has 3 rings (SSSR count). The molecule has 2 heterocycles. The highest BCUT2D eigenvalue weighted by atomic mass is 16.5. The predicted octanol–water partition coefficient (Wildman–Crippen LogP) is 2.18. The fourth-order valence-electron chi connectivity index (χ4n) is 2.91. The third-order valence-corrected chi connectivity index (χ3v) is 3.81. The van der Waals surface area contributed by atoms with E-state index >= 15 is 0 Å². The minimum Gasteiger partial charge on any atom is -0.478 e. The van der Waals surface area contributed by atoms with Gasteiger partial charge < -0.3 is 14.4 Å². The van der Waals surface area contributed by atoms with E-state index in [-0.39, 0.29) is 5.54 Å². The van der Waals surface area contributed by atoms with Crippen molar-refractivity contribution in [3.8, 4) is 0 Å². The van der Waals surface area contributed by atoms with Gasteiger partial charge in [-0.25, -0.2) is 9.78 Å². The van der Waals surface area contributed by atoms with E-state index in [2.05, 4.69) is 11.9 Å². The Morgan fingerprint density at radius 2 is 2.32 bits per heavy atom. The van der Waals surface area contributed by atoms with E-state index in [1.165, 1.54) is 0 Å². The zero-order chi connectivity index (χ0) is 13.6. The minimum atomic E-state index is -0.922. The second-order valence-electron chi connectivity index (χ2n) is 5.27. The van der Waals surface area contributed by atoms with Crippen molar-refractivity contribution < 1.29 is 14.6 Å². The fourth-order valence-corrected chi connectivity index (χ4v) is 2.91. The number of rotatable bonds is 2. The van der Waals surface area contributed by atoms with Crippen LogP contribution in [0.3, 0.4) is 0 Å². The van der Waals surface area contributed by atoms with Crippen molar-refractivity contribution in [1.82, 2.24) is 9.55 Å². The first-order valence-corrected chi connectivity index (χ1v) is 6.32. The number of aryl methyl sites for hydroxylation is 1. The van der Waals surface area contributed by atoms with Gasteiger partial charge in [0, 0.05) is 6.61 Å². The average Bonchev–Trinajstić information content (AvgIpc) is 2.91. The van der Waals surface area contributed by atoms with Gasteiger partial charge in [0.25, 0.3) is 0 Å². The summed E-state index contributed by atoms with van der Waals surface area (Å²) in [5, 5.41) is 9.37. The number of fused-ring (bicyclic) bond motifs is 1. The molecule has 1 aliphatic heterocycles. The van der Waals surface area contributed by atoms with Crippen molar-refractivity contribution >= 4 is 17.0 Å². The van der Waals surface area contributed by atoms with E-state index in [4.69, 9.17) is 4.74 Å². The maximum atomic E-state index is 11.4. The van der Waals surface area contributed by atoms with Crippen molar-refractivity contribution in [2.24, 2.45) is 0 Å². The average molecular weight is 260 g/mol. The standard InChI is InChI=1S/C14H16N2O3/c1-9-15-11-5-3-4-10(13(17)18)12(11)16(9)14(2)6-7-19-8-14/h3-5H,6-8H2,1-2H3,(H,17,18). The number of hydrogen-bond donors (Lipinski definition) is 1. The second kappa shape index (κ2) is 4.06. The number of para-hydroxylation sites is 1. The highest BCUT2D eigenvalue weighted by Gasteiger charge is 2.35. The van der Waals surface area contributed by atoms with Crippen molar-refractivity contribution in [3.05, 3.63) is 29.6 Å². The molecule has 1 N–H and O–H groups in total. The molecule has 1 aromatic heterocycles. The van der Waals surface area contributed by atoms with Crippen LogP contribution in [0.15, 0.2) is 18.2 Å². The predicted molar refractivity (Wildman–Crippen MR) is 70.5 cm³/mol. The molecule has 100 valence electrons. The zero-order valence-corrected chi connectivity index (χ0v) is 11.0. The molecule has 1 saturated heterocycles. The number of aromatic carboxylic acids is 1. The van der Waals surface area contributed by atoms with Crippen LogP contribution in [0.1, 0.15) is 29.5 Å². The van der Waals surface area contributed by atoms with Crippen LogP contribution in [0.5, 0.6) is 0 Å². The lowest BCUT2D eigenvalue weighted by Gasteiger charge is -2.27. The molecule has 1 atom stereocenters. The molecule has 1 aromatic carbocycles. The normalized spacial score (nSPS) is 23.1. The maximum absolute atomic E-state index is 11.4. The van der Waals surface area contributed by atoms with Crippen molar-refractivity contribution in [2.45, 2.75) is 25.8 Å². The Morgan fingerprint density at radius 3 is 2.95 bits per heavy atom. The maximum Gasteiger partial charge on any atom is 0.337 e. The third-order valence-electron chi connectivity index (χ3n) is 3.81. The number of carboxylic acid groups (broad SMARTS) is 1. The summed E-state index contributed by atoms with van der Waals surface area (Å²) in [6, 6.07) is 5.21. The molecule has 0 amide bonds. The van der Waals surface area contributed by atoms with Gasteiger partial charge in [0.2, 0.25) is 0 Å². The quantitative estimate of drug-likeness (QED) is 0.898. The lowest BCUT2D eigenvalue weighted by molar-refractivity contribution is 0.0698. The van der Waals surface area contributed by atoms with Gasteiger partial charge in [-0.1, -0.05) is 6.07 Å². The van der Waals surface area contributed by atoms with E-state index < -0.39 is 5.97 Å². The first-order valence-electron chi connectivity index (χ1n) is 6.32. The number of ether oxygens (including phenoxy) is 1. The Morgan fingerprint density at radius 1 is 1.53 bits per heavy atom. The number of benzene rings is 1. The molecule has 1 fully saturated rings. The summed E-state index contributed by atoms with van der Waals surface area (Å²) in [5.41, 5.74) is 1.50. The van der Waals surface area contributed by atoms with E-state index in [1.807, 2.05) is 17.6 Å². The number of hydrogen-bond acceptors (Lipinski definition) is 3. The Hall–Kier alpha value is -1.88. The molecule has 0 aliphatic carbocycles. The Balaban J connectivity index is 2.34. The molecule has 0 spiro atoms. The first kappa shape index (κ1) is 12.2. The highest BCUT2D eigenvalue weighted by Crippen LogP contribution is 2.33. The smallest absolute Gasteiger partial charge is 0.337 e. The lowest BCUT2D eigenvalue weighted by Crippen LogP contribution is -2.31. The summed E-state index contributed by atoms with van der Waals surface area (Å²) in [7, 11) is 0. The number of aromatic nitrogens is 2. The van der Waals surface area contributed by atoms with Gasteiger partial charge in [0.1, 0.15) is 5.82 Å². The molecule has 1 unspecified atom stereocenters. The number of imidazole rings is 1. The first-order chi connectivity index (χ1) is 9.03. The van der Waals surface area contributed by atoms with Crippen molar-refractivity contribution in [2.75, 3.05) is 13.2 Å². The fraction of sp³-hybridized carbons (Fsp3) is 0.429. The van der Waals surface area contributed by atoms with Crippen LogP contribution < -0.4 is 0 Å². The Bertz CT molecular complexity index is 654. The van der Waals surface area contributed by atoms with E-state index in [1.54, 1.807) is 12.1 Å². The highest BCUT2D eigenvalue weighted by molar-refractivity contribution is 6.01. The minimum absolute atomic E-state index is 0.218. The Kier molecular flexibility index (Phi) is 2.60. The molecular weight excluding hydrogens is 244 g/mol. The van der Waals surface area contributed by atoms with Crippen LogP contribution in [0.2, 0.25) is 0 Å². The summed E-state index contributed by atoms with van der Waals surface area (Å²) in [4.78, 5) is 15.9. The van der Waals surface area contributed by atoms with Gasteiger partial charge >= 0.3 is 5.97 Å². The second-order valence-corrected chi connectivity index (χ2v) is 5.27. The molecule has 0 saturated carbocycles. The molecule has 5 nitrogen and oxygen atoms in total. The van der Waals surface area contributed by atoms with Crippen LogP contribution in [0, 0.1) is 6.92 Å². The van der Waals surface area contributed by atoms with Crippen molar-refractivity contribution in [1.29, 1.82) is 0 Å². The molecule has 0 radical (unpaired) electrons. The van der Waals surface area contributed by atoms with Crippen LogP contribution in [-0.2, 0) is 10.3 Å². The summed E-state index contributed by atoms with van der Waals surface area (Å²) in [6.07, 6.45) is 0.868. The van der Waals surface area contributed by atoms with Crippen molar-refractivity contribution in [3.63, 3.8) is 0 Å². The van der Waals surface area contributed by atoms with Gasteiger partial charge in [-0.05, 0) is 32.4 Å². The van der Waals surface area contributed by atoms with Gasteiger partial charge in [-0.3, -0.25) is 0 Å². The molecule has 5 heteroatoms. The summed E-state index contributed by atoms with van der Waals surface area (Å²) < 4.78 is 7.52. The largest absolute Gasteiger partial charge is 0.478 e. The van der Waals surface area contributed by atoms with Crippen LogP contribution in [-0.4, -0.2) is 33.8 Å². The number of carbonyl (C=O) groups is 1. The van der Waals surface area contributed by atoms with Gasteiger partial charge in [-0.2, -0.15) is 0 Å². The van der Waals surface area contributed by atoms with E-state index in [0.717, 1.165) is 17.8 Å². The van der Waals surface area contributed by atoms with Gasteiger partial charge in [0.05, 0.1) is 28.7 Å². The molecule has 1 aliphatic rings. The molecule has 19 heavy (non-hydrogen) atoms. The Labute approximate surface area is 110 Å². The van der Waals surface area contributed by atoms with E-state index in [0.29, 0.717) is 24.3 Å². The van der Waals surface area contributed by atoms with Crippen LogP contribution >= 0.6 is 0 Å².